The Morgan fingerprint density at radius 2 is 1.38 bits per heavy atom. The fourth-order valence-corrected chi connectivity index (χ4v) is 2.48. The lowest BCUT2D eigenvalue weighted by Crippen LogP contribution is -2.11. The van der Waals surface area contributed by atoms with E-state index in [9.17, 15) is 0 Å². The molecule has 0 fully saturated rings. The fourth-order valence-electron chi connectivity index (χ4n) is 2.48. The predicted molar refractivity (Wildman–Crippen MR) is 115 cm³/mol. The Morgan fingerprint density at radius 1 is 0.724 bits per heavy atom. The molecule has 0 N–H and O–H groups in total. The first-order chi connectivity index (χ1) is 14.2. The molecule has 148 valence electrons. The Hall–Kier alpha value is -3.73. The van der Waals surface area contributed by atoms with Crippen LogP contribution in [0.3, 0.4) is 0 Å². The van der Waals surface area contributed by atoms with Crippen LogP contribution in [-0.4, -0.2) is 20.1 Å². The molecule has 3 rings (SSSR count). The van der Waals surface area contributed by atoms with Crippen molar-refractivity contribution in [1.29, 1.82) is 0 Å². The van der Waals surface area contributed by atoms with Gasteiger partial charge in [-0.1, -0.05) is 30.3 Å². The molecule has 0 amide bonds. The average Bonchev–Trinajstić information content (AvgIpc) is 2.78. The Balaban J connectivity index is 1.89. The van der Waals surface area contributed by atoms with Crippen LogP contribution < -0.4 is 18.9 Å². The van der Waals surface area contributed by atoms with Gasteiger partial charge in [-0.05, 0) is 55.5 Å². The van der Waals surface area contributed by atoms with Crippen molar-refractivity contribution in [2.45, 2.75) is 6.92 Å². The van der Waals surface area contributed by atoms with Gasteiger partial charge in [-0.2, -0.15) is 0 Å². The number of ether oxygens (including phenoxy) is 4. The Morgan fingerprint density at radius 3 is 2.03 bits per heavy atom. The smallest absolute Gasteiger partial charge is 0.225 e. The summed E-state index contributed by atoms with van der Waals surface area (Å²) in [5, 5.41) is 0. The molecule has 0 aliphatic rings. The first-order valence-corrected chi connectivity index (χ1v) is 9.12. The highest BCUT2D eigenvalue weighted by Gasteiger charge is 2.09. The van der Waals surface area contributed by atoms with Gasteiger partial charge in [0.2, 0.25) is 5.90 Å². The number of hydrogen-bond donors (Lipinski definition) is 0. The molecule has 0 saturated heterocycles. The van der Waals surface area contributed by atoms with Crippen LogP contribution in [0.15, 0.2) is 95.7 Å². The van der Waals surface area contributed by atoms with Crippen molar-refractivity contribution >= 4 is 11.6 Å². The summed E-state index contributed by atoms with van der Waals surface area (Å²) < 4.78 is 22.4. The molecule has 0 aromatic heterocycles. The maximum absolute atomic E-state index is 6.02. The van der Waals surface area contributed by atoms with E-state index < -0.39 is 0 Å². The van der Waals surface area contributed by atoms with Crippen LogP contribution in [0.25, 0.3) is 0 Å². The van der Waals surface area contributed by atoms with Crippen molar-refractivity contribution in [3.05, 3.63) is 90.7 Å². The zero-order valence-electron chi connectivity index (χ0n) is 16.7. The van der Waals surface area contributed by atoms with Crippen LogP contribution in [0.4, 0.5) is 5.69 Å². The van der Waals surface area contributed by atoms with Crippen LogP contribution >= 0.6 is 0 Å². The van der Waals surface area contributed by atoms with Crippen LogP contribution in [0.2, 0.25) is 0 Å². The summed E-state index contributed by atoms with van der Waals surface area (Å²) in [6, 6.07) is 24.4. The van der Waals surface area contributed by atoms with E-state index in [-0.39, 0.29) is 0 Å². The van der Waals surface area contributed by atoms with Crippen molar-refractivity contribution in [1.82, 2.24) is 0 Å². The van der Waals surface area contributed by atoms with Gasteiger partial charge in [-0.25, -0.2) is 4.99 Å². The normalized spacial score (nSPS) is 11.7. The second kappa shape index (κ2) is 9.99. The number of benzene rings is 3. The number of methoxy groups -OCH3 is 2. The van der Waals surface area contributed by atoms with Crippen molar-refractivity contribution in [3.8, 4) is 23.0 Å². The van der Waals surface area contributed by atoms with Gasteiger partial charge in [0, 0.05) is 5.57 Å². The lowest BCUT2D eigenvalue weighted by Gasteiger charge is -2.11. The zero-order chi connectivity index (χ0) is 20.5. The fraction of sp³-hybridized carbons (Fsp3) is 0.125. The summed E-state index contributed by atoms with van der Waals surface area (Å²) in [6.07, 6.45) is 1.60. The molecule has 5 nitrogen and oxygen atoms in total. The number of nitrogens with zero attached hydrogens (tertiary/aromatic N) is 1. The molecule has 3 aromatic rings. The minimum Gasteiger partial charge on any atom is -0.497 e. The third-order valence-corrected chi connectivity index (χ3v) is 4.03. The van der Waals surface area contributed by atoms with E-state index in [0.717, 1.165) is 17.0 Å². The molecule has 0 saturated carbocycles. The van der Waals surface area contributed by atoms with Gasteiger partial charge in [0.15, 0.2) is 11.5 Å². The highest BCUT2D eigenvalue weighted by atomic mass is 16.5. The molecule has 0 bridgehead atoms. The summed E-state index contributed by atoms with van der Waals surface area (Å²) in [7, 11) is 3.23. The number of hydrogen-bond acceptors (Lipinski definition) is 5. The van der Waals surface area contributed by atoms with Gasteiger partial charge in [0.25, 0.3) is 0 Å². The largest absolute Gasteiger partial charge is 0.497 e. The highest BCUT2D eigenvalue weighted by molar-refractivity contribution is 5.96. The maximum Gasteiger partial charge on any atom is 0.225 e. The minimum atomic E-state index is 0.427. The van der Waals surface area contributed by atoms with Crippen LogP contribution in [0, 0.1) is 0 Å². The first kappa shape index (κ1) is 20.0. The van der Waals surface area contributed by atoms with Gasteiger partial charge >= 0.3 is 0 Å². The SMILES string of the molecule is COc1ccc(N=C(Oc2ccccc2)C(C)=COc2ccccc2OC)cc1. The number of para-hydroxylation sites is 3. The summed E-state index contributed by atoms with van der Waals surface area (Å²) in [4.78, 5) is 4.64. The second-order valence-corrected chi connectivity index (χ2v) is 6.10. The summed E-state index contributed by atoms with van der Waals surface area (Å²) in [5.41, 5.74) is 1.46. The van der Waals surface area contributed by atoms with E-state index in [4.69, 9.17) is 18.9 Å². The van der Waals surface area contributed by atoms with Gasteiger partial charge in [0.1, 0.15) is 11.5 Å². The third kappa shape index (κ3) is 5.62. The third-order valence-electron chi connectivity index (χ3n) is 4.03. The molecule has 0 unspecified atom stereocenters. The Bertz CT molecular complexity index is 979. The molecular formula is C24H23NO4. The van der Waals surface area contributed by atoms with Crippen molar-refractivity contribution < 1.29 is 18.9 Å². The molecule has 0 aliphatic carbocycles. The van der Waals surface area contributed by atoms with E-state index >= 15 is 0 Å². The lowest BCUT2D eigenvalue weighted by molar-refractivity contribution is 0.377. The van der Waals surface area contributed by atoms with Gasteiger partial charge in [-0.15, -0.1) is 0 Å². The Kier molecular flexibility index (Phi) is 6.90. The molecular weight excluding hydrogens is 366 g/mol. The minimum absolute atomic E-state index is 0.427. The monoisotopic (exact) mass is 389 g/mol. The molecule has 29 heavy (non-hydrogen) atoms. The summed E-state index contributed by atoms with van der Waals surface area (Å²) in [5.74, 6) is 3.13. The van der Waals surface area contributed by atoms with E-state index in [2.05, 4.69) is 4.99 Å². The first-order valence-electron chi connectivity index (χ1n) is 9.12. The van der Waals surface area contributed by atoms with E-state index in [1.165, 1.54) is 0 Å². The van der Waals surface area contributed by atoms with Crippen LogP contribution in [0.1, 0.15) is 6.92 Å². The Labute approximate surface area is 170 Å². The summed E-state index contributed by atoms with van der Waals surface area (Å²) in [6.45, 7) is 1.88. The van der Waals surface area contributed by atoms with Crippen LogP contribution in [0.5, 0.6) is 23.0 Å². The molecule has 5 heteroatoms. The second-order valence-electron chi connectivity index (χ2n) is 6.10. The zero-order valence-corrected chi connectivity index (χ0v) is 16.7. The summed E-state index contributed by atoms with van der Waals surface area (Å²) >= 11 is 0. The van der Waals surface area contributed by atoms with Crippen molar-refractivity contribution in [2.24, 2.45) is 4.99 Å². The standard InChI is InChI=1S/C24H23NO4/c1-18(17-28-23-12-8-7-11-22(23)27-3)24(29-21-9-5-4-6-10-21)25-19-13-15-20(26-2)16-14-19/h4-17H,1-3H3. The van der Waals surface area contributed by atoms with E-state index in [0.29, 0.717) is 23.1 Å². The number of rotatable bonds is 7. The maximum atomic E-state index is 6.02. The molecule has 0 atom stereocenters. The molecule has 0 radical (unpaired) electrons. The number of aliphatic imine (C=N–C) groups is 1. The molecule has 3 aromatic carbocycles. The molecule has 0 aliphatic heterocycles. The molecule has 0 spiro atoms. The van der Waals surface area contributed by atoms with Crippen LogP contribution in [-0.2, 0) is 0 Å². The van der Waals surface area contributed by atoms with Gasteiger partial charge < -0.3 is 18.9 Å². The topological polar surface area (TPSA) is 49.3 Å². The van der Waals surface area contributed by atoms with Gasteiger partial charge in [-0.3, -0.25) is 0 Å². The van der Waals surface area contributed by atoms with Crippen molar-refractivity contribution in [3.63, 3.8) is 0 Å². The molecule has 0 heterocycles. The average molecular weight is 389 g/mol. The quantitative estimate of drug-likeness (QED) is 0.291. The van der Waals surface area contributed by atoms with Gasteiger partial charge in [0.05, 0.1) is 26.2 Å². The van der Waals surface area contributed by atoms with E-state index in [1.54, 1.807) is 20.5 Å². The lowest BCUT2D eigenvalue weighted by atomic mass is 10.3. The van der Waals surface area contributed by atoms with E-state index in [1.807, 2.05) is 85.8 Å². The predicted octanol–water partition coefficient (Wildman–Crippen LogP) is 5.80. The highest BCUT2D eigenvalue weighted by Crippen LogP contribution is 2.27. The van der Waals surface area contributed by atoms with Crippen molar-refractivity contribution in [2.75, 3.05) is 14.2 Å².